The summed E-state index contributed by atoms with van der Waals surface area (Å²) in [5.74, 6) is 1.30. The first kappa shape index (κ1) is 14.2. The van der Waals surface area contributed by atoms with Crippen LogP contribution in [0.3, 0.4) is 0 Å². The first-order valence-electron chi connectivity index (χ1n) is 6.68. The standard InChI is InChI=1S/C16H21NOS/c1-13(2)16(18)14-8-9-17(12-14)10-11-19-15-6-4-3-5-7-15/h3-9,12-13,16,18H,10-11H2,1-2H3. The van der Waals surface area contributed by atoms with E-state index in [2.05, 4.69) is 35.0 Å². The van der Waals surface area contributed by atoms with E-state index in [1.165, 1.54) is 4.90 Å². The maximum absolute atomic E-state index is 10.00. The summed E-state index contributed by atoms with van der Waals surface area (Å²) >= 11 is 1.86. The Labute approximate surface area is 119 Å². The van der Waals surface area contributed by atoms with Crippen molar-refractivity contribution in [3.8, 4) is 0 Å². The highest BCUT2D eigenvalue weighted by Crippen LogP contribution is 2.22. The van der Waals surface area contributed by atoms with Gasteiger partial charge in [-0.05, 0) is 29.7 Å². The van der Waals surface area contributed by atoms with Gasteiger partial charge in [-0.25, -0.2) is 0 Å². The van der Waals surface area contributed by atoms with Crippen LogP contribution in [0, 0.1) is 5.92 Å². The molecule has 2 nitrogen and oxygen atoms in total. The fourth-order valence-electron chi connectivity index (χ4n) is 1.94. The van der Waals surface area contributed by atoms with Gasteiger partial charge in [0, 0.05) is 29.6 Å². The lowest BCUT2D eigenvalue weighted by atomic mass is 10.0. The number of nitrogens with zero attached hydrogens (tertiary/aromatic N) is 1. The predicted molar refractivity (Wildman–Crippen MR) is 81.4 cm³/mol. The highest BCUT2D eigenvalue weighted by molar-refractivity contribution is 7.99. The van der Waals surface area contributed by atoms with E-state index in [9.17, 15) is 5.11 Å². The van der Waals surface area contributed by atoms with Crippen LogP contribution >= 0.6 is 11.8 Å². The number of aliphatic hydroxyl groups is 1. The molecule has 2 aromatic rings. The summed E-state index contributed by atoms with van der Waals surface area (Å²) in [4.78, 5) is 1.30. The smallest absolute Gasteiger partial charge is 0.0827 e. The molecule has 1 unspecified atom stereocenters. The number of aromatic nitrogens is 1. The van der Waals surface area contributed by atoms with Crippen molar-refractivity contribution >= 4 is 11.8 Å². The molecule has 19 heavy (non-hydrogen) atoms. The van der Waals surface area contributed by atoms with Gasteiger partial charge in [-0.1, -0.05) is 32.0 Å². The zero-order chi connectivity index (χ0) is 13.7. The van der Waals surface area contributed by atoms with Gasteiger partial charge in [0.2, 0.25) is 0 Å². The normalized spacial score (nSPS) is 12.8. The third-order valence-electron chi connectivity index (χ3n) is 3.11. The Morgan fingerprint density at radius 2 is 1.89 bits per heavy atom. The molecule has 1 aromatic heterocycles. The van der Waals surface area contributed by atoms with Crippen LogP contribution in [0.15, 0.2) is 53.7 Å². The Bertz CT molecular complexity index is 492. The minimum absolute atomic E-state index is 0.259. The summed E-state index contributed by atoms with van der Waals surface area (Å²) in [6, 6.07) is 12.4. The Morgan fingerprint density at radius 3 is 2.58 bits per heavy atom. The lowest BCUT2D eigenvalue weighted by Crippen LogP contribution is -2.04. The van der Waals surface area contributed by atoms with E-state index < -0.39 is 0 Å². The molecular weight excluding hydrogens is 254 g/mol. The number of hydrogen-bond donors (Lipinski definition) is 1. The first-order valence-corrected chi connectivity index (χ1v) is 7.67. The Balaban J connectivity index is 1.84. The number of rotatable bonds is 6. The second-order valence-corrected chi connectivity index (χ2v) is 6.20. The maximum Gasteiger partial charge on any atom is 0.0827 e. The van der Waals surface area contributed by atoms with Crippen LogP contribution in [0.25, 0.3) is 0 Å². The van der Waals surface area contributed by atoms with Crippen molar-refractivity contribution in [3.63, 3.8) is 0 Å². The molecule has 0 radical (unpaired) electrons. The molecule has 0 amide bonds. The van der Waals surface area contributed by atoms with Crippen LogP contribution in [-0.4, -0.2) is 15.4 Å². The van der Waals surface area contributed by atoms with Crippen LogP contribution in [0.2, 0.25) is 0 Å². The molecule has 0 spiro atoms. The SMILES string of the molecule is CC(C)C(O)c1ccn(CCSc2ccccc2)c1. The van der Waals surface area contributed by atoms with E-state index in [1.54, 1.807) is 0 Å². The third-order valence-corrected chi connectivity index (χ3v) is 4.10. The summed E-state index contributed by atoms with van der Waals surface area (Å²) in [6.45, 7) is 5.03. The van der Waals surface area contributed by atoms with Crippen LogP contribution < -0.4 is 0 Å². The minimum atomic E-state index is -0.358. The summed E-state index contributed by atoms with van der Waals surface area (Å²) in [5.41, 5.74) is 1.01. The second-order valence-electron chi connectivity index (χ2n) is 5.03. The van der Waals surface area contributed by atoms with Crippen molar-refractivity contribution in [1.29, 1.82) is 0 Å². The highest BCUT2D eigenvalue weighted by atomic mass is 32.2. The fraction of sp³-hybridized carbons (Fsp3) is 0.375. The third kappa shape index (κ3) is 4.15. The molecule has 1 atom stereocenters. The Morgan fingerprint density at radius 1 is 1.16 bits per heavy atom. The number of thioether (sulfide) groups is 1. The number of hydrogen-bond acceptors (Lipinski definition) is 2. The van der Waals surface area contributed by atoms with Crippen molar-refractivity contribution in [1.82, 2.24) is 4.57 Å². The molecule has 0 saturated carbocycles. The lowest BCUT2D eigenvalue weighted by molar-refractivity contribution is 0.127. The van der Waals surface area contributed by atoms with Gasteiger partial charge in [-0.3, -0.25) is 0 Å². The number of benzene rings is 1. The summed E-state index contributed by atoms with van der Waals surface area (Å²) in [7, 11) is 0. The number of aryl methyl sites for hydroxylation is 1. The van der Waals surface area contributed by atoms with Gasteiger partial charge in [0.1, 0.15) is 0 Å². The van der Waals surface area contributed by atoms with E-state index >= 15 is 0 Å². The molecule has 102 valence electrons. The average molecular weight is 275 g/mol. The van der Waals surface area contributed by atoms with E-state index in [1.807, 2.05) is 43.9 Å². The molecule has 1 heterocycles. The maximum atomic E-state index is 10.00. The molecule has 3 heteroatoms. The molecule has 2 rings (SSSR count). The quantitative estimate of drug-likeness (QED) is 0.807. The summed E-state index contributed by atoms with van der Waals surface area (Å²) < 4.78 is 2.15. The largest absolute Gasteiger partial charge is 0.388 e. The van der Waals surface area contributed by atoms with Crippen LogP contribution in [0.1, 0.15) is 25.5 Å². The zero-order valence-electron chi connectivity index (χ0n) is 11.5. The van der Waals surface area contributed by atoms with Crippen molar-refractivity contribution in [2.75, 3.05) is 5.75 Å². The predicted octanol–water partition coefficient (Wildman–Crippen LogP) is 3.97. The molecular formula is C16H21NOS. The van der Waals surface area contributed by atoms with Crippen LogP contribution in [0.4, 0.5) is 0 Å². The first-order chi connectivity index (χ1) is 9.16. The second kappa shape index (κ2) is 6.83. The van der Waals surface area contributed by atoms with Crippen LogP contribution in [-0.2, 0) is 6.54 Å². The lowest BCUT2D eigenvalue weighted by Gasteiger charge is -2.12. The Hall–Kier alpha value is -1.19. The van der Waals surface area contributed by atoms with Gasteiger partial charge < -0.3 is 9.67 Å². The topological polar surface area (TPSA) is 25.2 Å². The van der Waals surface area contributed by atoms with E-state index in [0.29, 0.717) is 0 Å². The summed E-state index contributed by atoms with van der Waals surface area (Å²) in [6.07, 6.45) is 3.74. The molecule has 0 saturated heterocycles. The number of aliphatic hydroxyl groups excluding tert-OH is 1. The highest BCUT2D eigenvalue weighted by Gasteiger charge is 2.12. The molecule has 0 fully saturated rings. The van der Waals surface area contributed by atoms with E-state index in [0.717, 1.165) is 17.9 Å². The van der Waals surface area contributed by atoms with Crippen molar-refractivity contribution in [2.45, 2.75) is 31.4 Å². The molecule has 1 aromatic carbocycles. The van der Waals surface area contributed by atoms with Gasteiger partial charge in [0.15, 0.2) is 0 Å². The van der Waals surface area contributed by atoms with Gasteiger partial charge in [-0.15, -0.1) is 11.8 Å². The van der Waals surface area contributed by atoms with Gasteiger partial charge in [0.25, 0.3) is 0 Å². The van der Waals surface area contributed by atoms with E-state index in [4.69, 9.17) is 0 Å². The molecule has 0 aliphatic rings. The van der Waals surface area contributed by atoms with E-state index in [-0.39, 0.29) is 12.0 Å². The van der Waals surface area contributed by atoms with Crippen LogP contribution in [0.5, 0.6) is 0 Å². The van der Waals surface area contributed by atoms with Gasteiger partial charge in [0.05, 0.1) is 6.10 Å². The molecule has 0 aliphatic heterocycles. The molecule has 1 N–H and O–H groups in total. The zero-order valence-corrected chi connectivity index (χ0v) is 12.3. The minimum Gasteiger partial charge on any atom is -0.388 e. The van der Waals surface area contributed by atoms with Crippen molar-refractivity contribution < 1.29 is 5.11 Å². The Kier molecular flexibility index (Phi) is 5.11. The molecule has 0 bridgehead atoms. The fourth-order valence-corrected chi connectivity index (χ4v) is 2.83. The van der Waals surface area contributed by atoms with Gasteiger partial charge in [-0.2, -0.15) is 0 Å². The van der Waals surface area contributed by atoms with Crippen molar-refractivity contribution in [3.05, 3.63) is 54.4 Å². The summed E-state index contributed by atoms with van der Waals surface area (Å²) in [5, 5.41) is 10.00. The van der Waals surface area contributed by atoms with Gasteiger partial charge >= 0.3 is 0 Å². The molecule has 0 aliphatic carbocycles. The average Bonchev–Trinajstić information content (AvgIpc) is 2.88. The van der Waals surface area contributed by atoms with Crippen molar-refractivity contribution in [2.24, 2.45) is 5.92 Å². The monoisotopic (exact) mass is 275 g/mol.